The molecular weight excluding hydrogens is 402 g/mol. The quantitative estimate of drug-likeness (QED) is 0.505. The first-order valence-corrected chi connectivity index (χ1v) is 8.76. The summed E-state index contributed by atoms with van der Waals surface area (Å²) in [6.07, 6.45) is 3.36. The van der Waals surface area contributed by atoms with Crippen LogP contribution in [0.3, 0.4) is 0 Å². The van der Waals surface area contributed by atoms with Crippen molar-refractivity contribution in [1.82, 2.24) is 0 Å². The summed E-state index contributed by atoms with van der Waals surface area (Å²) < 4.78 is 2.09. The molecule has 1 aliphatic carbocycles. The molecule has 0 radical (unpaired) electrons. The third-order valence-corrected chi connectivity index (χ3v) is 3.78. The Morgan fingerprint density at radius 2 is 1.65 bits per heavy atom. The monoisotopic (exact) mass is 424 g/mol. The molecule has 0 nitrogen and oxygen atoms in total. The molecule has 124 valence electrons. The number of halogens is 2. The third-order valence-electron chi connectivity index (χ3n) is 3.78. The van der Waals surface area contributed by atoms with Crippen LogP contribution < -0.4 is 24.8 Å². The van der Waals surface area contributed by atoms with Crippen molar-refractivity contribution in [3.63, 3.8) is 0 Å². The Kier molecular flexibility index (Phi) is 14.1. The van der Waals surface area contributed by atoms with Crippen LogP contribution in [0.15, 0.2) is 59.2 Å². The molecule has 2 aromatic rings. The number of rotatable bonds is 0. The summed E-state index contributed by atoms with van der Waals surface area (Å²) in [5, 5.41) is 2.66. The molecule has 23 heavy (non-hydrogen) atoms. The van der Waals surface area contributed by atoms with Crippen LogP contribution >= 0.6 is 0 Å². The zero-order valence-corrected chi connectivity index (χ0v) is 18.4. The van der Waals surface area contributed by atoms with Gasteiger partial charge < -0.3 is 24.8 Å². The van der Waals surface area contributed by atoms with Crippen molar-refractivity contribution in [3.8, 4) is 0 Å². The maximum absolute atomic E-state index is 3.36. The second kappa shape index (κ2) is 13.0. The van der Waals surface area contributed by atoms with Crippen LogP contribution in [0.25, 0.3) is 10.8 Å². The molecular formula is C20H24Cl2Zr-2. The van der Waals surface area contributed by atoms with Crippen molar-refractivity contribution in [2.75, 3.05) is 0 Å². The molecule has 0 N–H and O–H groups in total. The topological polar surface area (TPSA) is 0 Å². The van der Waals surface area contributed by atoms with Gasteiger partial charge in [-0.05, 0) is 0 Å². The minimum Gasteiger partial charge on any atom is -1.00 e. The molecule has 1 unspecified atom stereocenters. The van der Waals surface area contributed by atoms with E-state index in [-0.39, 0.29) is 24.8 Å². The summed E-state index contributed by atoms with van der Waals surface area (Å²) in [6.45, 7) is 10.7. The molecule has 2 aromatic carbocycles. The predicted molar refractivity (Wildman–Crippen MR) is 91.2 cm³/mol. The van der Waals surface area contributed by atoms with Crippen LogP contribution in [0.4, 0.5) is 0 Å². The largest absolute Gasteiger partial charge is 1.00 e. The Morgan fingerprint density at radius 3 is 2.04 bits per heavy atom. The number of fused-ring (bicyclic) bond motifs is 1. The summed E-state index contributed by atoms with van der Waals surface area (Å²) in [4.78, 5) is 0. The summed E-state index contributed by atoms with van der Waals surface area (Å²) in [7, 11) is 0. The van der Waals surface area contributed by atoms with Crippen molar-refractivity contribution in [2.45, 2.75) is 34.6 Å². The second-order valence-corrected chi connectivity index (χ2v) is 6.66. The molecule has 1 atom stereocenters. The first-order chi connectivity index (χ1) is 10.0. The fourth-order valence-corrected chi connectivity index (χ4v) is 2.23. The fourth-order valence-electron chi connectivity index (χ4n) is 2.23. The fraction of sp³-hybridized carbons (Fsp3) is 0.300. The zero-order chi connectivity index (χ0) is 15.8. The molecule has 1 aliphatic rings. The minimum atomic E-state index is 0. The molecule has 0 aromatic heterocycles. The normalized spacial score (nSPS) is 15.3. The molecule has 3 heteroatoms. The van der Waals surface area contributed by atoms with E-state index in [0.29, 0.717) is 5.92 Å². The van der Waals surface area contributed by atoms with Gasteiger partial charge >= 0.3 is 34.9 Å². The maximum atomic E-state index is 3.36. The Morgan fingerprint density at radius 1 is 1.09 bits per heavy atom. The van der Waals surface area contributed by atoms with Crippen LogP contribution in [0, 0.1) is 12.0 Å². The van der Waals surface area contributed by atoms with E-state index in [4.69, 9.17) is 0 Å². The van der Waals surface area contributed by atoms with Crippen LogP contribution in [-0.4, -0.2) is 3.71 Å². The van der Waals surface area contributed by atoms with Gasteiger partial charge in [0, 0.05) is 0 Å². The first kappa shape index (κ1) is 24.9. The Hall–Kier alpha value is -0.357. The number of hydrogen-bond acceptors (Lipinski definition) is 0. The molecule has 0 heterocycles. The van der Waals surface area contributed by atoms with E-state index in [1.165, 1.54) is 51.7 Å². The minimum absolute atomic E-state index is 0. The molecule has 0 aliphatic heterocycles. The van der Waals surface area contributed by atoms with Crippen LogP contribution in [0.2, 0.25) is 0 Å². The molecule has 3 rings (SSSR count). The Labute approximate surface area is 168 Å². The van der Waals surface area contributed by atoms with Crippen molar-refractivity contribution >= 4 is 14.5 Å². The maximum Gasteiger partial charge on any atom is -0.0809 e. The van der Waals surface area contributed by atoms with Crippen molar-refractivity contribution in [2.24, 2.45) is 5.92 Å². The molecule has 0 bridgehead atoms. The van der Waals surface area contributed by atoms with Gasteiger partial charge in [-0.15, -0.1) is 36.6 Å². The SMILES string of the molecule is CC1=[C-]C(C)C(C)=C1C.C[CH]=[Zr+2].[Cl-].[Cl-].c1ccc2[cH-]ccc2c1. The zero-order valence-electron chi connectivity index (χ0n) is 14.5. The molecule has 0 amide bonds. The van der Waals surface area contributed by atoms with Crippen molar-refractivity contribution < 1.29 is 49.0 Å². The van der Waals surface area contributed by atoms with Gasteiger partial charge in [-0.2, -0.15) is 28.7 Å². The van der Waals surface area contributed by atoms with Gasteiger partial charge in [-0.3, -0.25) is 6.08 Å². The second-order valence-electron chi connectivity index (χ2n) is 5.24. The summed E-state index contributed by atoms with van der Waals surface area (Å²) >= 11 is 1.51. The van der Waals surface area contributed by atoms with Gasteiger partial charge in [-0.25, -0.2) is 5.57 Å². The van der Waals surface area contributed by atoms with E-state index in [9.17, 15) is 0 Å². The number of hydrogen-bond donors (Lipinski definition) is 0. The van der Waals surface area contributed by atoms with E-state index in [1.807, 2.05) is 6.92 Å². The summed E-state index contributed by atoms with van der Waals surface area (Å²) in [5.74, 6) is 0.560. The van der Waals surface area contributed by atoms with Crippen LogP contribution in [0.5, 0.6) is 0 Å². The third kappa shape index (κ3) is 7.84. The Bertz CT molecular complexity index is 620. The molecule has 0 spiro atoms. The summed E-state index contributed by atoms with van der Waals surface area (Å²) in [5.41, 5.74) is 4.25. The van der Waals surface area contributed by atoms with E-state index in [1.54, 1.807) is 0 Å². The van der Waals surface area contributed by atoms with Crippen molar-refractivity contribution in [1.29, 1.82) is 0 Å². The van der Waals surface area contributed by atoms with Gasteiger partial charge in [0.05, 0.1) is 0 Å². The number of allylic oxidation sites excluding steroid dienone is 4. The van der Waals surface area contributed by atoms with Gasteiger partial charge in [0.2, 0.25) is 0 Å². The summed E-state index contributed by atoms with van der Waals surface area (Å²) in [6, 6.07) is 14.7. The van der Waals surface area contributed by atoms with Gasteiger partial charge in [-0.1, -0.05) is 32.8 Å². The van der Waals surface area contributed by atoms with Crippen molar-refractivity contribution in [3.05, 3.63) is 65.3 Å². The Balaban J connectivity index is 0. The van der Waals surface area contributed by atoms with Gasteiger partial charge in [0.15, 0.2) is 0 Å². The van der Waals surface area contributed by atoms with Crippen LogP contribution in [0.1, 0.15) is 34.6 Å². The van der Waals surface area contributed by atoms with E-state index in [0.717, 1.165) is 0 Å². The molecule has 0 saturated heterocycles. The van der Waals surface area contributed by atoms with Gasteiger partial charge in [0.25, 0.3) is 0 Å². The number of benzene rings is 1. The molecule has 0 fully saturated rings. The average Bonchev–Trinajstić information content (AvgIpc) is 3.02. The van der Waals surface area contributed by atoms with Gasteiger partial charge in [0.1, 0.15) is 0 Å². The predicted octanol–water partition coefficient (Wildman–Crippen LogP) is -0.356. The smallest absolute Gasteiger partial charge is 0.0809 e. The van der Waals surface area contributed by atoms with E-state index in [2.05, 4.69) is 79.9 Å². The van der Waals surface area contributed by atoms with E-state index >= 15 is 0 Å². The first-order valence-electron chi connectivity index (χ1n) is 7.34. The molecule has 0 saturated carbocycles. The van der Waals surface area contributed by atoms with Crippen LogP contribution in [-0.2, 0) is 24.2 Å². The van der Waals surface area contributed by atoms with E-state index < -0.39 is 0 Å². The standard InChI is InChI=1S/C9H7.C9H13.C2H4.2ClH.Zr/c1-2-5-9-7-3-6-8(9)4-1;1-6-5-7(2)9(4)8(6)3;1-2;;;/h1-7H;6H,1-4H3;1H,2H3;2*1H;/q2*-1;;;;+2/p-2. The average molecular weight is 427 g/mol.